The maximum Gasteiger partial charge on any atom is 0.435 e. The summed E-state index contributed by atoms with van der Waals surface area (Å²) in [4.78, 5) is 0. The van der Waals surface area contributed by atoms with Crippen LogP contribution >= 0.6 is 45.8 Å². The van der Waals surface area contributed by atoms with Crippen LogP contribution in [0, 0.1) is 15.0 Å². The first-order valence-corrected chi connectivity index (χ1v) is 6.80. The highest BCUT2D eigenvalue weighted by molar-refractivity contribution is 14.1. The number of hydrogen-bond acceptors (Lipinski definition) is 2. The Labute approximate surface area is 135 Å². The van der Waals surface area contributed by atoms with Gasteiger partial charge in [-0.1, -0.05) is 23.2 Å². The molecule has 0 fully saturated rings. The molecule has 2 rings (SSSR count). The molecule has 0 saturated heterocycles. The van der Waals surface area contributed by atoms with Gasteiger partial charge in [0.25, 0.3) is 0 Å². The topological polar surface area (TPSA) is 41.6 Å². The Bertz CT molecular complexity index is 696. The van der Waals surface area contributed by atoms with Crippen molar-refractivity contribution in [2.75, 3.05) is 0 Å². The Hall–Kier alpha value is -0.980. The largest absolute Gasteiger partial charge is 0.435 e. The molecule has 0 amide bonds. The summed E-state index contributed by atoms with van der Waals surface area (Å²) >= 11 is 13.6. The van der Waals surface area contributed by atoms with Gasteiger partial charge in [-0.05, 0) is 34.7 Å². The van der Waals surface area contributed by atoms with E-state index in [1.807, 2.05) is 6.07 Å². The van der Waals surface area contributed by atoms with Crippen LogP contribution in [0.25, 0.3) is 5.69 Å². The lowest BCUT2D eigenvalue weighted by Gasteiger charge is -2.09. The quantitative estimate of drug-likeness (QED) is 0.615. The predicted octanol–water partition coefficient (Wildman–Crippen LogP) is 4.67. The first-order chi connectivity index (χ1) is 9.24. The van der Waals surface area contributed by atoms with Gasteiger partial charge in [-0.3, -0.25) is 0 Å². The molecule has 1 aromatic carbocycles. The summed E-state index contributed by atoms with van der Waals surface area (Å²) in [6, 6.07) is 5.36. The van der Waals surface area contributed by atoms with Crippen LogP contribution in [0.2, 0.25) is 10.0 Å². The van der Waals surface area contributed by atoms with E-state index in [0.717, 1.165) is 10.7 Å². The standard InChI is InChI=1S/C11H3Cl2F3IN3/c12-6-1-5(4-18)2-7(13)10(6)20-9(17)3-8(19-20)11(14,15)16/h1-3H. The van der Waals surface area contributed by atoms with Crippen molar-refractivity contribution in [2.45, 2.75) is 6.18 Å². The highest BCUT2D eigenvalue weighted by Gasteiger charge is 2.35. The van der Waals surface area contributed by atoms with Gasteiger partial charge >= 0.3 is 6.18 Å². The molecule has 0 aliphatic rings. The molecule has 3 nitrogen and oxygen atoms in total. The van der Waals surface area contributed by atoms with E-state index in [4.69, 9.17) is 28.5 Å². The van der Waals surface area contributed by atoms with Crippen molar-refractivity contribution in [1.29, 1.82) is 5.26 Å². The van der Waals surface area contributed by atoms with Gasteiger partial charge in [-0.2, -0.15) is 23.5 Å². The van der Waals surface area contributed by atoms with Crippen molar-refractivity contribution >= 4 is 45.8 Å². The minimum atomic E-state index is -4.56. The third-order valence-electron chi connectivity index (χ3n) is 2.31. The summed E-state index contributed by atoms with van der Waals surface area (Å²) < 4.78 is 39.1. The Balaban J connectivity index is 2.64. The van der Waals surface area contributed by atoms with E-state index in [1.54, 1.807) is 22.6 Å². The number of aromatic nitrogens is 2. The maximum absolute atomic E-state index is 12.6. The third-order valence-corrected chi connectivity index (χ3v) is 3.66. The van der Waals surface area contributed by atoms with E-state index in [1.165, 1.54) is 12.1 Å². The van der Waals surface area contributed by atoms with E-state index < -0.39 is 11.9 Å². The molecule has 9 heteroatoms. The van der Waals surface area contributed by atoms with Gasteiger partial charge in [0.1, 0.15) is 9.39 Å². The zero-order valence-electron chi connectivity index (χ0n) is 9.34. The van der Waals surface area contributed by atoms with E-state index >= 15 is 0 Å². The van der Waals surface area contributed by atoms with Crippen LogP contribution < -0.4 is 0 Å². The number of rotatable bonds is 1. The van der Waals surface area contributed by atoms with E-state index in [9.17, 15) is 13.2 Å². The van der Waals surface area contributed by atoms with Crippen LogP contribution in [0.4, 0.5) is 13.2 Å². The first-order valence-electron chi connectivity index (χ1n) is 4.96. The Morgan fingerprint density at radius 2 is 1.75 bits per heavy atom. The van der Waals surface area contributed by atoms with E-state index in [0.29, 0.717) is 0 Å². The van der Waals surface area contributed by atoms with Crippen LogP contribution in [-0.4, -0.2) is 9.78 Å². The summed E-state index contributed by atoms with van der Waals surface area (Å²) in [6.07, 6.45) is -4.56. The number of halogens is 6. The van der Waals surface area contributed by atoms with Crippen molar-refractivity contribution in [3.8, 4) is 11.8 Å². The highest BCUT2D eigenvalue weighted by Crippen LogP contribution is 2.34. The Kier molecular flexibility index (Phi) is 4.18. The van der Waals surface area contributed by atoms with Gasteiger partial charge in [0, 0.05) is 6.07 Å². The van der Waals surface area contributed by atoms with Crippen molar-refractivity contribution in [1.82, 2.24) is 9.78 Å². The summed E-state index contributed by atoms with van der Waals surface area (Å²) in [5.74, 6) is 0. The lowest BCUT2D eigenvalue weighted by atomic mass is 10.2. The molecule has 0 atom stereocenters. The molecule has 0 aliphatic carbocycles. The fourth-order valence-corrected chi connectivity index (χ4v) is 2.78. The van der Waals surface area contributed by atoms with Gasteiger partial charge in [-0.15, -0.1) is 0 Å². The molecule has 0 spiro atoms. The Morgan fingerprint density at radius 1 is 1.20 bits per heavy atom. The van der Waals surface area contributed by atoms with Gasteiger partial charge in [0.05, 0.1) is 21.7 Å². The van der Waals surface area contributed by atoms with E-state index in [2.05, 4.69) is 5.10 Å². The second kappa shape index (κ2) is 5.42. The van der Waals surface area contributed by atoms with E-state index in [-0.39, 0.29) is 25.0 Å². The second-order valence-electron chi connectivity index (χ2n) is 3.66. The minimum Gasteiger partial charge on any atom is -0.224 e. The molecule has 0 bridgehead atoms. The summed E-state index contributed by atoms with van der Waals surface area (Å²) in [5, 5.41) is 12.3. The van der Waals surface area contributed by atoms with Crippen LogP contribution in [0.15, 0.2) is 18.2 Å². The monoisotopic (exact) mass is 431 g/mol. The lowest BCUT2D eigenvalue weighted by molar-refractivity contribution is -0.141. The summed E-state index contributed by atoms with van der Waals surface area (Å²) in [5.41, 5.74) is -0.729. The zero-order chi connectivity index (χ0) is 15.1. The molecule has 104 valence electrons. The van der Waals surface area contributed by atoms with Gasteiger partial charge in [0.15, 0.2) is 5.69 Å². The van der Waals surface area contributed by atoms with Crippen LogP contribution in [0.3, 0.4) is 0 Å². The molecule has 2 aromatic rings. The number of nitriles is 1. The molecule has 0 unspecified atom stereocenters. The molecular formula is C11H3Cl2F3IN3. The number of alkyl halides is 3. The predicted molar refractivity (Wildman–Crippen MR) is 76.0 cm³/mol. The SMILES string of the molecule is N#Cc1cc(Cl)c(-n2nc(C(F)(F)F)cc2I)c(Cl)c1. The molecule has 20 heavy (non-hydrogen) atoms. The summed E-state index contributed by atoms with van der Waals surface area (Å²) in [7, 11) is 0. The molecular weight excluding hydrogens is 429 g/mol. The van der Waals surface area contributed by atoms with Crippen LogP contribution in [0.5, 0.6) is 0 Å². The number of hydrogen-bond donors (Lipinski definition) is 0. The molecule has 0 N–H and O–H groups in total. The second-order valence-corrected chi connectivity index (χ2v) is 5.58. The van der Waals surface area contributed by atoms with Crippen LogP contribution in [-0.2, 0) is 6.18 Å². The normalized spacial score (nSPS) is 11.4. The first kappa shape index (κ1) is 15.4. The third kappa shape index (κ3) is 2.87. The molecule has 1 aromatic heterocycles. The highest BCUT2D eigenvalue weighted by atomic mass is 127. The van der Waals surface area contributed by atoms with Crippen LogP contribution in [0.1, 0.15) is 11.3 Å². The lowest BCUT2D eigenvalue weighted by Crippen LogP contribution is -2.08. The average molecular weight is 432 g/mol. The van der Waals surface area contributed by atoms with Gasteiger partial charge in [0.2, 0.25) is 0 Å². The van der Waals surface area contributed by atoms with Gasteiger partial charge in [-0.25, -0.2) is 4.68 Å². The zero-order valence-corrected chi connectivity index (χ0v) is 13.0. The molecule has 0 aliphatic heterocycles. The average Bonchev–Trinajstić information content (AvgIpc) is 2.70. The maximum atomic E-state index is 12.6. The Morgan fingerprint density at radius 3 is 2.15 bits per heavy atom. The number of benzene rings is 1. The van der Waals surface area contributed by atoms with Crippen molar-refractivity contribution in [2.24, 2.45) is 0 Å². The smallest absolute Gasteiger partial charge is 0.224 e. The van der Waals surface area contributed by atoms with Gasteiger partial charge < -0.3 is 0 Å². The molecule has 0 saturated carbocycles. The summed E-state index contributed by atoms with van der Waals surface area (Å²) in [6.45, 7) is 0. The van der Waals surface area contributed by atoms with Crippen molar-refractivity contribution in [3.05, 3.63) is 43.2 Å². The molecule has 0 radical (unpaired) electrons. The fourth-order valence-electron chi connectivity index (χ4n) is 1.49. The van der Waals surface area contributed by atoms with Crippen molar-refractivity contribution in [3.63, 3.8) is 0 Å². The number of nitrogens with zero attached hydrogens (tertiary/aromatic N) is 3. The van der Waals surface area contributed by atoms with Crippen molar-refractivity contribution < 1.29 is 13.2 Å². The minimum absolute atomic E-state index is 0.0452. The molecule has 1 heterocycles. The fraction of sp³-hybridized carbons (Fsp3) is 0.0909.